The van der Waals surface area contributed by atoms with Crippen molar-refractivity contribution < 1.29 is 23.6 Å². The Kier molecular flexibility index (Phi) is 13.1. The quantitative estimate of drug-likeness (QED) is 0.514. The summed E-state index contributed by atoms with van der Waals surface area (Å²) in [6, 6.07) is 0. The summed E-state index contributed by atoms with van der Waals surface area (Å²) in [5, 5.41) is 7.00. The summed E-state index contributed by atoms with van der Waals surface area (Å²) < 4.78 is 19.6. The van der Waals surface area contributed by atoms with Gasteiger partial charge in [0.1, 0.15) is 0 Å². The molecule has 0 aliphatic rings. The minimum Gasteiger partial charge on any atom is -0.400 e. The van der Waals surface area contributed by atoms with E-state index in [1.54, 1.807) is 0 Å². The molecule has 0 aliphatic heterocycles. The van der Waals surface area contributed by atoms with Crippen LogP contribution in [0, 0.1) is 0 Å². The number of phosphoric acid groups is 1. The zero-order chi connectivity index (χ0) is 11.4. The SMILES string of the molecule is CCCCCCOP(=O)(O)OC.CO. The lowest BCUT2D eigenvalue weighted by Gasteiger charge is -2.08. The van der Waals surface area contributed by atoms with Gasteiger partial charge >= 0.3 is 7.82 Å². The fourth-order valence-electron chi connectivity index (χ4n) is 0.761. The van der Waals surface area contributed by atoms with Crippen molar-refractivity contribution in [2.24, 2.45) is 0 Å². The Labute approximate surface area is 85.7 Å². The van der Waals surface area contributed by atoms with E-state index in [0.29, 0.717) is 6.61 Å². The Balaban J connectivity index is 0. The fraction of sp³-hybridized carbons (Fsp3) is 1.00. The van der Waals surface area contributed by atoms with Crippen LogP contribution in [0.4, 0.5) is 0 Å². The van der Waals surface area contributed by atoms with Crippen LogP contribution in [0.15, 0.2) is 0 Å². The highest BCUT2D eigenvalue weighted by Gasteiger charge is 2.16. The first-order valence-electron chi connectivity index (χ1n) is 4.60. The van der Waals surface area contributed by atoms with E-state index >= 15 is 0 Å². The number of aliphatic hydroxyl groups is 1. The van der Waals surface area contributed by atoms with E-state index < -0.39 is 7.82 Å². The molecule has 0 rings (SSSR count). The summed E-state index contributed by atoms with van der Waals surface area (Å²) >= 11 is 0. The van der Waals surface area contributed by atoms with Crippen molar-refractivity contribution in [2.45, 2.75) is 32.6 Å². The van der Waals surface area contributed by atoms with E-state index in [2.05, 4.69) is 16.0 Å². The zero-order valence-corrected chi connectivity index (χ0v) is 10.00. The number of unbranched alkanes of at least 4 members (excludes halogenated alkanes) is 3. The third-order valence-electron chi connectivity index (χ3n) is 1.48. The first-order valence-corrected chi connectivity index (χ1v) is 6.09. The molecule has 0 aromatic carbocycles. The van der Waals surface area contributed by atoms with Crippen molar-refractivity contribution >= 4 is 7.82 Å². The molecule has 0 heterocycles. The van der Waals surface area contributed by atoms with Crippen LogP contribution in [-0.2, 0) is 13.6 Å². The van der Waals surface area contributed by atoms with Gasteiger partial charge in [-0.05, 0) is 6.42 Å². The van der Waals surface area contributed by atoms with E-state index in [-0.39, 0.29) is 0 Å². The minimum atomic E-state index is -3.72. The van der Waals surface area contributed by atoms with Gasteiger partial charge in [-0.2, -0.15) is 0 Å². The van der Waals surface area contributed by atoms with Gasteiger partial charge in [0.25, 0.3) is 0 Å². The molecular formula is C8H21O5P. The molecule has 0 fully saturated rings. The molecule has 88 valence electrons. The maximum Gasteiger partial charge on any atom is 0.471 e. The van der Waals surface area contributed by atoms with Gasteiger partial charge in [-0.1, -0.05) is 26.2 Å². The van der Waals surface area contributed by atoms with Crippen molar-refractivity contribution in [1.29, 1.82) is 0 Å². The van der Waals surface area contributed by atoms with E-state index in [9.17, 15) is 4.57 Å². The van der Waals surface area contributed by atoms with E-state index in [0.717, 1.165) is 39.9 Å². The van der Waals surface area contributed by atoms with Crippen molar-refractivity contribution in [3.05, 3.63) is 0 Å². The molecule has 0 bridgehead atoms. The third-order valence-corrected chi connectivity index (χ3v) is 2.45. The van der Waals surface area contributed by atoms with Crippen LogP contribution in [-0.4, -0.2) is 30.8 Å². The van der Waals surface area contributed by atoms with Gasteiger partial charge < -0.3 is 10.00 Å². The average molecular weight is 228 g/mol. The Morgan fingerprint density at radius 3 is 2.21 bits per heavy atom. The molecule has 0 amide bonds. The van der Waals surface area contributed by atoms with E-state index in [1.807, 2.05) is 0 Å². The van der Waals surface area contributed by atoms with Gasteiger partial charge in [-0.25, -0.2) is 4.57 Å². The maximum atomic E-state index is 10.7. The predicted molar refractivity (Wildman–Crippen MR) is 55.1 cm³/mol. The number of rotatable bonds is 7. The molecule has 0 aromatic heterocycles. The highest BCUT2D eigenvalue weighted by molar-refractivity contribution is 7.47. The molecule has 14 heavy (non-hydrogen) atoms. The normalized spacial score (nSPS) is 14.1. The number of hydrogen-bond donors (Lipinski definition) is 2. The Bertz CT molecular complexity index is 151. The molecule has 0 spiro atoms. The number of phosphoric ester groups is 1. The maximum absolute atomic E-state index is 10.7. The average Bonchev–Trinajstić information content (AvgIpc) is 2.21. The van der Waals surface area contributed by atoms with Crippen molar-refractivity contribution in [3.63, 3.8) is 0 Å². The van der Waals surface area contributed by atoms with E-state index in [4.69, 9.17) is 10.00 Å². The molecular weight excluding hydrogens is 207 g/mol. The van der Waals surface area contributed by atoms with Gasteiger partial charge in [0, 0.05) is 14.2 Å². The molecule has 1 unspecified atom stereocenters. The van der Waals surface area contributed by atoms with Crippen LogP contribution >= 0.6 is 7.82 Å². The van der Waals surface area contributed by atoms with Crippen LogP contribution in [0.3, 0.4) is 0 Å². The standard InChI is InChI=1S/C7H17O4P.CH4O/c1-3-4-5-6-7-11-12(8,9)10-2;1-2/h3-7H2,1-2H3,(H,8,9);2H,1H3. The van der Waals surface area contributed by atoms with Crippen LogP contribution in [0.2, 0.25) is 0 Å². The van der Waals surface area contributed by atoms with Gasteiger partial charge in [0.05, 0.1) is 6.61 Å². The van der Waals surface area contributed by atoms with Crippen molar-refractivity contribution in [1.82, 2.24) is 0 Å². The minimum absolute atomic E-state index is 0.293. The van der Waals surface area contributed by atoms with Gasteiger partial charge in [0.2, 0.25) is 0 Å². The molecule has 1 atom stereocenters. The van der Waals surface area contributed by atoms with Crippen LogP contribution < -0.4 is 0 Å². The van der Waals surface area contributed by atoms with Crippen LogP contribution in [0.25, 0.3) is 0 Å². The molecule has 6 heteroatoms. The van der Waals surface area contributed by atoms with Crippen molar-refractivity contribution in [3.8, 4) is 0 Å². The third kappa shape index (κ3) is 12.1. The van der Waals surface area contributed by atoms with Gasteiger partial charge in [0.15, 0.2) is 0 Å². The first-order chi connectivity index (χ1) is 6.62. The summed E-state index contributed by atoms with van der Waals surface area (Å²) in [7, 11) is -1.56. The summed E-state index contributed by atoms with van der Waals surface area (Å²) in [5.74, 6) is 0. The summed E-state index contributed by atoms with van der Waals surface area (Å²) in [6.45, 7) is 2.40. The lowest BCUT2D eigenvalue weighted by atomic mass is 10.2. The Hall–Kier alpha value is 0.0700. The largest absolute Gasteiger partial charge is 0.471 e. The molecule has 2 N–H and O–H groups in total. The second-order valence-corrected chi connectivity index (χ2v) is 4.11. The zero-order valence-electron chi connectivity index (χ0n) is 9.10. The second-order valence-electron chi connectivity index (χ2n) is 2.55. The lowest BCUT2D eigenvalue weighted by Crippen LogP contribution is -1.94. The highest BCUT2D eigenvalue weighted by Crippen LogP contribution is 2.41. The van der Waals surface area contributed by atoms with Gasteiger partial charge in [-0.3, -0.25) is 9.05 Å². The first kappa shape index (κ1) is 16.5. The molecule has 0 saturated heterocycles. The Morgan fingerprint density at radius 2 is 1.79 bits per heavy atom. The summed E-state index contributed by atoms with van der Waals surface area (Å²) in [6.07, 6.45) is 4.11. The predicted octanol–water partition coefficient (Wildman–Crippen LogP) is 1.94. The summed E-state index contributed by atoms with van der Waals surface area (Å²) in [5.41, 5.74) is 0. The molecule has 0 aliphatic carbocycles. The molecule has 5 nitrogen and oxygen atoms in total. The highest BCUT2D eigenvalue weighted by atomic mass is 31.2. The number of aliphatic hydroxyl groups excluding tert-OH is 1. The summed E-state index contributed by atoms with van der Waals surface area (Å²) in [4.78, 5) is 8.79. The smallest absolute Gasteiger partial charge is 0.400 e. The van der Waals surface area contributed by atoms with Crippen LogP contribution in [0.5, 0.6) is 0 Å². The molecule has 0 saturated carbocycles. The lowest BCUT2D eigenvalue weighted by molar-refractivity contribution is 0.170. The van der Waals surface area contributed by atoms with Gasteiger partial charge in [-0.15, -0.1) is 0 Å². The van der Waals surface area contributed by atoms with Crippen LogP contribution in [0.1, 0.15) is 32.6 Å². The fourth-order valence-corrected chi connectivity index (χ4v) is 1.23. The van der Waals surface area contributed by atoms with Crippen molar-refractivity contribution in [2.75, 3.05) is 20.8 Å². The topological polar surface area (TPSA) is 76.0 Å². The number of hydrogen-bond acceptors (Lipinski definition) is 4. The molecule has 0 radical (unpaired) electrons. The van der Waals surface area contributed by atoms with E-state index in [1.165, 1.54) is 0 Å². The second kappa shape index (κ2) is 11.1. The molecule has 0 aromatic rings. The Morgan fingerprint density at radius 1 is 1.21 bits per heavy atom. The monoisotopic (exact) mass is 228 g/mol.